The highest BCUT2D eigenvalue weighted by Crippen LogP contribution is 2.24. The predicted octanol–water partition coefficient (Wildman–Crippen LogP) is 6.30. The number of benzene rings is 2. The van der Waals surface area contributed by atoms with Gasteiger partial charge in [-0.05, 0) is 75.2 Å². The Morgan fingerprint density at radius 2 is 1.59 bits per heavy atom. The standard InChI is InChI=1S/C16H23NO4.C11H13NO/c1-6-12(18)9-11-10-13(20-5)7-8-14(11)17-15(19)21-16(2,3)4;1-3-9-6-8-7-10(13-2)4-5-11(8)12-9/h7-8,10H,6,9H2,1-5H3,(H,17,19);4-7,12H,3H2,1-2H3. The number of aromatic nitrogens is 1. The van der Waals surface area contributed by atoms with Gasteiger partial charge in [0.25, 0.3) is 0 Å². The molecule has 0 spiro atoms. The Hall–Kier alpha value is -3.48. The Labute approximate surface area is 201 Å². The normalized spacial score (nSPS) is 10.8. The molecule has 184 valence electrons. The summed E-state index contributed by atoms with van der Waals surface area (Å²) in [4.78, 5) is 26.8. The molecule has 0 saturated heterocycles. The predicted molar refractivity (Wildman–Crippen MR) is 136 cm³/mol. The van der Waals surface area contributed by atoms with Crippen LogP contribution < -0.4 is 14.8 Å². The molecule has 0 aliphatic carbocycles. The van der Waals surface area contributed by atoms with Crippen molar-refractivity contribution in [1.29, 1.82) is 0 Å². The Kier molecular flexibility index (Phi) is 9.54. The number of hydrogen-bond acceptors (Lipinski definition) is 5. The molecule has 0 bridgehead atoms. The quantitative estimate of drug-likeness (QED) is 0.424. The zero-order valence-electron chi connectivity index (χ0n) is 21.2. The lowest BCUT2D eigenvalue weighted by molar-refractivity contribution is -0.118. The molecule has 0 fully saturated rings. The zero-order chi connectivity index (χ0) is 25.3. The Morgan fingerprint density at radius 1 is 0.941 bits per heavy atom. The molecule has 2 N–H and O–H groups in total. The van der Waals surface area contributed by atoms with Gasteiger partial charge in [0, 0.05) is 35.1 Å². The molecule has 7 heteroatoms. The second kappa shape index (κ2) is 12.1. The fraction of sp³-hybridized carbons (Fsp3) is 0.407. The molecule has 0 aliphatic rings. The molecular weight excluding hydrogens is 432 g/mol. The van der Waals surface area contributed by atoms with Crippen LogP contribution >= 0.6 is 0 Å². The van der Waals surface area contributed by atoms with Crippen molar-refractivity contribution in [1.82, 2.24) is 4.98 Å². The van der Waals surface area contributed by atoms with E-state index in [0.717, 1.165) is 12.2 Å². The molecule has 0 aliphatic heterocycles. The molecule has 1 aromatic heterocycles. The van der Waals surface area contributed by atoms with Crippen LogP contribution in [-0.2, 0) is 22.4 Å². The number of carbonyl (C=O) groups excluding carboxylic acids is 2. The van der Waals surface area contributed by atoms with Gasteiger partial charge in [-0.15, -0.1) is 0 Å². The van der Waals surface area contributed by atoms with Gasteiger partial charge in [-0.25, -0.2) is 4.79 Å². The maximum atomic E-state index is 11.8. The first-order valence-electron chi connectivity index (χ1n) is 11.4. The van der Waals surface area contributed by atoms with E-state index in [1.165, 1.54) is 16.6 Å². The van der Waals surface area contributed by atoms with Gasteiger partial charge in [-0.2, -0.15) is 0 Å². The first-order chi connectivity index (χ1) is 16.1. The highest BCUT2D eigenvalue weighted by atomic mass is 16.6. The lowest BCUT2D eigenvalue weighted by Crippen LogP contribution is -2.27. The summed E-state index contributed by atoms with van der Waals surface area (Å²) in [6, 6.07) is 13.4. The minimum Gasteiger partial charge on any atom is -0.497 e. The summed E-state index contributed by atoms with van der Waals surface area (Å²) in [5.41, 5.74) is 3.15. The maximum absolute atomic E-state index is 11.8. The van der Waals surface area contributed by atoms with Gasteiger partial charge in [0.15, 0.2) is 0 Å². The molecule has 0 unspecified atom stereocenters. The summed E-state index contributed by atoms with van der Waals surface area (Å²) in [6.07, 6.45) is 1.19. The maximum Gasteiger partial charge on any atom is 0.412 e. The van der Waals surface area contributed by atoms with Gasteiger partial charge in [0.05, 0.1) is 14.2 Å². The van der Waals surface area contributed by atoms with Crippen LogP contribution in [0.1, 0.15) is 52.3 Å². The topological polar surface area (TPSA) is 89.7 Å². The van der Waals surface area contributed by atoms with Crippen LogP contribution in [-0.4, -0.2) is 36.7 Å². The van der Waals surface area contributed by atoms with Crippen molar-refractivity contribution >= 4 is 28.5 Å². The van der Waals surface area contributed by atoms with E-state index < -0.39 is 11.7 Å². The van der Waals surface area contributed by atoms with E-state index >= 15 is 0 Å². The minimum absolute atomic E-state index is 0.0930. The molecule has 3 rings (SSSR count). The third-order valence-corrected chi connectivity index (χ3v) is 4.99. The SMILES string of the molecule is CCC(=O)Cc1cc(OC)ccc1NC(=O)OC(C)(C)C.CCc1cc2cc(OC)ccc2[nH]1. The summed E-state index contributed by atoms with van der Waals surface area (Å²) >= 11 is 0. The van der Waals surface area contributed by atoms with Gasteiger partial charge in [0.1, 0.15) is 22.9 Å². The van der Waals surface area contributed by atoms with Crippen LogP contribution in [0.25, 0.3) is 10.9 Å². The second-order valence-electron chi connectivity index (χ2n) is 8.82. The minimum atomic E-state index is -0.573. The first-order valence-corrected chi connectivity index (χ1v) is 11.4. The number of H-pyrrole nitrogens is 1. The molecular formula is C27H36N2O5. The molecule has 0 saturated carbocycles. The molecule has 1 amide bonds. The van der Waals surface area contributed by atoms with Crippen molar-refractivity contribution in [2.24, 2.45) is 0 Å². The Balaban J connectivity index is 0.000000266. The average molecular weight is 469 g/mol. The van der Waals surface area contributed by atoms with E-state index in [1.54, 1.807) is 53.2 Å². The summed E-state index contributed by atoms with van der Waals surface area (Å²) in [6.45, 7) is 9.33. The van der Waals surface area contributed by atoms with Crippen molar-refractivity contribution in [3.63, 3.8) is 0 Å². The van der Waals surface area contributed by atoms with Crippen molar-refractivity contribution in [2.45, 2.75) is 59.5 Å². The Bertz CT molecular complexity index is 1110. The van der Waals surface area contributed by atoms with Crippen LogP contribution in [0.2, 0.25) is 0 Å². The van der Waals surface area contributed by atoms with E-state index in [4.69, 9.17) is 14.2 Å². The van der Waals surface area contributed by atoms with Gasteiger partial charge in [-0.3, -0.25) is 10.1 Å². The van der Waals surface area contributed by atoms with Gasteiger partial charge < -0.3 is 19.2 Å². The number of anilines is 1. The Morgan fingerprint density at radius 3 is 2.18 bits per heavy atom. The van der Waals surface area contributed by atoms with Crippen LogP contribution in [0, 0.1) is 0 Å². The summed E-state index contributed by atoms with van der Waals surface area (Å²) in [5, 5.41) is 3.90. The number of ketones is 1. The number of amides is 1. The second-order valence-corrected chi connectivity index (χ2v) is 8.82. The average Bonchev–Trinajstić information content (AvgIpc) is 3.21. The first kappa shape index (κ1) is 26.8. The van der Waals surface area contributed by atoms with E-state index in [0.29, 0.717) is 23.4 Å². The van der Waals surface area contributed by atoms with E-state index in [2.05, 4.69) is 23.3 Å². The van der Waals surface area contributed by atoms with E-state index in [9.17, 15) is 9.59 Å². The number of aromatic amines is 1. The van der Waals surface area contributed by atoms with Crippen LogP contribution in [0.5, 0.6) is 11.5 Å². The van der Waals surface area contributed by atoms with Crippen molar-refractivity contribution in [2.75, 3.05) is 19.5 Å². The highest BCUT2D eigenvalue weighted by Gasteiger charge is 2.18. The molecule has 34 heavy (non-hydrogen) atoms. The fourth-order valence-electron chi connectivity index (χ4n) is 3.20. The molecule has 0 atom stereocenters. The number of nitrogens with one attached hydrogen (secondary N) is 2. The monoisotopic (exact) mass is 468 g/mol. The van der Waals surface area contributed by atoms with Gasteiger partial charge in [0.2, 0.25) is 0 Å². The smallest absolute Gasteiger partial charge is 0.412 e. The largest absolute Gasteiger partial charge is 0.497 e. The van der Waals surface area contributed by atoms with Gasteiger partial charge >= 0.3 is 6.09 Å². The summed E-state index contributed by atoms with van der Waals surface area (Å²) in [7, 11) is 3.25. The summed E-state index contributed by atoms with van der Waals surface area (Å²) < 4.78 is 15.5. The molecule has 2 aromatic carbocycles. The highest BCUT2D eigenvalue weighted by molar-refractivity contribution is 5.89. The van der Waals surface area contributed by atoms with Crippen molar-refractivity contribution in [3.05, 3.63) is 53.7 Å². The molecule has 1 heterocycles. The van der Waals surface area contributed by atoms with Crippen LogP contribution in [0.4, 0.5) is 10.5 Å². The van der Waals surface area contributed by atoms with Crippen molar-refractivity contribution < 1.29 is 23.8 Å². The number of Topliss-reactive ketones (excluding diaryl/α,β-unsaturated/α-hetero) is 1. The number of carbonyl (C=O) groups is 2. The van der Waals surface area contributed by atoms with E-state index in [-0.39, 0.29) is 12.2 Å². The third-order valence-electron chi connectivity index (χ3n) is 4.99. The number of hydrogen-bond donors (Lipinski definition) is 2. The number of rotatable bonds is 7. The van der Waals surface area contributed by atoms with Gasteiger partial charge in [-0.1, -0.05) is 13.8 Å². The fourth-order valence-corrected chi connectivity index (χ4v) is 3.20. The lowest BCUT2D eigenvalue weighted by atomic mass is 10.0. The summed E-state index contributed by atoms with van der Waals surface area (Å²) in [5.74, 6) is 1.65. The number of ether oxygens (including phenoxy) is 3. The molecule has 3 aromatic rings. The van der Waals surface area contributed by atoms with E-state index in [1.807, 2.05) is 25.1 Å². The number of fused-ring (bicyclic) bond motifs is 1. The van der Waals surface area contributed by atoms with Crippen LogP contribution in [0.3, 0.4) is 0 Å². The lowest BCUT2D eigenvalue weighted by Gasteiger charge is -2.20. The number of methoxy groups -OCH3 is 2. The number of aryl methyl sites for hydroxylation is 1. The molecule has 7 nitrogen and oxygen atoms in total. The zero-order valence-corrected chi connectivity index (χ0v) is 21.2. The third kappa shape index (κ3) is 8.14. The van der Waals surface area contributed by atoms with Crippen molar-refractivity contribution in [3.8, 4) is 11.5 Å². The molecule has 0 radical (unpaired) electrons. The van der Waals surface area contributed by atoms with Crippen LogP contribution in [0.15, 0.2) is 42.5 Å².